The summed E-state index contributed by atoms with van der Waals surface area (Å²) in [7, 11) is 1.59. The lowest BCUT2D eigenvalue weighted by atomic mass is 10.1. The van der Waals surface area contributed by atoms with Gasteiger partial charge in [0, 0.05) is 31.4 Å². The number of amides is 1. The predicted molar refractivity (Wildman–Crippen MR) is 90.4 cm³/mol. The summed E-state index contributed by atoms with van der Waals surface area (Å²) in [5, 5.41) is 15.3. The average Bonchev–Trinajstić information content (AvgIpc) is 2.62. The van der Waals surface area contributed by atoms with Crippen molar-refractivity contribution in [2.45, 2.75) is 18.9 Å². The fourth-order valence-electron chi connectivity index (χ4n) is 2.58. The number of nitrogens with one attached hydrogen (secondary N) is 2. The molecule has 24 heavy (non-hydrogen) atoms. The number of benzene rings is 1. The van der Waals surface area contributed by atoms with Crippen LogP contribution in [0.3, 0.4) is 0 Å². The Hall–Kier alpha value is -2.74. The van der Waals surface area contributed by atoms with Gasteiger partial charge in [0.1, 0.15) is 6.33 Å². The van der Waals surface area contributed by atoms with Crippen LogP contribution in [0.25, 0.3) is 0 Å². The Bertz CT molecular complexity index is 715. The van der Waals surface area contributed by atoms with Crippen LogP contribution >= 0.6 is 0 Å². The van der Waals surface area contributed by atoms with E-state index in [4.69, 9.17) is 0 Å². The van der Waals surface area contributed by atoms with Crippen molar-refractivity contribution in [3.63, 3.8) is 0 Å². The van der Waals surface area contributed by atoms with Gasteiger partial charge in [0.25, 0.3) is 5.91 Å². The molecule has 0 atom stereocenters. The normalized spacial score (nSPS) is 15.2. The molecule has 126 valence electrons. The van der Waals surface area contributed by atoms with Crippen molar-refractivity contribution in [1.82, 2.24) is 20.3 Å². The Morgan fingerprint density at radius 2 is 2.08 bits per heavy atom. The smallest absolute Gasteiger partial charge is 0.251 e. The van der Waals surface area contributed by atoms with Crippen molar-refractivity contribution in [3.8, 4) is 0 Å². The third kappa shape index (κ3) is 3.77. The van der Waals surface area contributed by atoms with Crippen molar-refractivity contribution < 1.29 is 9.90 Å². The Morgan fingerprint density at radius 3 is 2.83 bits per heavy atom. The van der Waals surface area contributed by atoms with E-state index >= 15 is 0 Å². The summed E-state index contributed by atoms with van der Waals surface area (Å²) in [6.45, 7) is 1.44. The van der Waals surface area contributed by atoms with Crippen molar-refractivity contribution >= 4 is 23.5 Å². The molecule has 3 N–H and O–H groups in total. The van der Waals surface area contributed by atoms with Gasteiger partial charge >= 0.3 is 0 Å². The van der Waals surface area contributed by atoms with Crippen LogP contribution in [0, 0.1) is 0 Å². The summed E-state index contributed by atoms with van der Waals surface area (Å²) in [6, 6.07) is 7.11. The largest absolute Gasteiger partial charge is 0.393 e. The van der Waals surface area contributed by atoms with Gasteiger partial charge in [0.2, 0.25) is 11.9 Å². The first-order chi connectivity index (χ1) is 11.7. The number of rotatable bonds is 4. The Kier molecular flexibility index (Phi) is 4.85. The second-order valence-corrected chi connectivity index (χ2v) is 5.61. The monoisotopic (exact) mass is 328 g/mol. The van der Waals surface area contributed by atoms with Crippen molar-refractivity contribution in [3.05, 3.63) is 36.2 Å². The van der Waals surface area contributed by atoms with Crippen LogP contribution in [0.15, 0.2) is 30.6 Å². The molecule has 1 aromatic carbocycles. The zero-order valence-corrected chi connectivity index (χ0v) is 13.4. The van der Waals surface area contributed by atoms with E-state index in [1.807, 2.05) is 11.0 Å². The van der Waals surface area contributed by atoms with Gasteiger partial charge in [-0.05, 0) is 31.0 Å². The highest BCUT2D eigenvalue weighted by molar-refractivity contribution is 5.95. The zero-order chi connectivity index (χ0) is 16.9. The molecule has 8 nitrogen and oxygen atoms in total. The number of hydrogen-bond acceptors (Lipinski definition) is 7. The van der Waals surface area contributed by atoms with Gasteiger partial charge in [-0.2, -0.15) is 4.98 Å². The summed E-state index contributed by atoms with van der Waals surface area (Å²) >= 11 is 0. The number of aliphatic hydroxyl groups excluding tert-OH is 1. The highest BCUT2D eigenvalue weighted by Gasteiger charge is 2.19. The molecular weight excluding hydrogens is 308 g/mol. The highest BCUT2D eigenvalue weighted by atomic mass is 16.3. The predicted octanol–water partition coefficient (Wildman–Crippen LogP) is 0.936. The first-order valence-electron chi connectivity index (χ1n) is 7.87. The van der Waals surface area contributed by atoms with Gasteiger partial charge in [-0.25, -0.2) is 9.97 Å². The van der Waals surface area contributed by atoms with Gasteiger partial charge in [-0.15, -0.1) is 0 Å². The molecule has 0 saturated carbocycles. The van der Waals surface area contributed by atoms with Crippen LogP contribution in [0.2, 0.25) is 0 Å². The average molecular weight is 328 g/mol. The fourth-order valence-corrected chi connectivity index (χ4v) is 2.58. The van der Waals surface area contributed by atoms with E-state index in [2.05, 4.69) is 25.6 Å². The van der Waals surface area contributed by atoms with E-state index in [0.29, 0.717) is 30.3 Å². The molecule has 2 heterocycles. The summed E-state index contributed by atoms with van der Waals surface area (Å²) in [5.74, 6) is 0.851. The minimum atomic E-state index is -0.242. The second kappa shape index (κ2) is 7.22. The van der Waals surface area contributed by atoms with E-state index in [-0.39, 0.29) is 12.0 Å². The molecule has 0 radical (unpaired) electrons. The summed E-state index contributed by atoms with van der Waals surface area (Å²) in [6.07, 6.45) is 2.64. The molecule has 1 saturated heterocycles. The maximum atomic E-state index is 11.7. The molecule has 3 rings (SSSR count). The molecule has 8 heteroatoms. The van der Waals surface area contributed by atoms with Gasteiger partial charge in [-0.1, -0.05) is 6.07 Å². The topological polar surface area (TPSA) is 103 Å². The first kappa shape index (κ1) is 16.1. The molecule has 0 unspecified atom stereocenters. The number of aromatic nitrogens is 3. The lowest BCUT2D eigenvalue weighted by Crippen LogP contribution is -2.36. The van der Waals surface area contributed by atoms with Crippen molar-refractivity contribution in [2.75, 3.05) is 30.4 Å². The van der Waals surface area contributed by atoms with E-state index in [1.54, 1.807) is 25.2 Å². The number of aliphatic hydroxyl groups is 1. The van der Waals surface area contributed by atoms with Gasteiger partial charge < -0.3 is 20.6 Å². The molecule has 2 aromatic rings. The lowest BCUT2D eigenvalue weighted by molar-refractivity contribution is 0.0963. The zero-order valence-electron chi connectivity index (χ0n) is 13.4. The van der Waals surface area contributed by atoms with Crippen molar-refractivity contribution in [2.24, 2.45) is 0 Å². The van der Waals surface area contributed by atoms with E-state index in [1.165, 1.54) is 6.33 Å². The Morgan fingerprint density at radius 1 is 1.29 bits per heavy atom. The number of piperidine rings is 1. The van der Waals surface area contributed by atoms with E-state index in [0.717, 1.165) is 18.8 Å². The summed E-state index contributed by atoms with van der Waals surface area (Å²) < 4.78 is 0. The van der Waals surface area contributed by atoms with Crippen LogP contribution in [0.1, 0.15) is 23.2 Å². The summed E-state index contributed by atoms with van der Waals surface area (Å²) in [5.41, 5.74) is 1.28. The first-order valence-corrected chi connectivity index (χ1v) is 7.87. The number of carbonyl (C=O) groups is 1. The van der Waals surface area contributed by atoms with E-state index in [9.17, 15) is 9.90 Å². The second-order valence-electron chi connectivity index (χ2n) is 5.61. The molecule has 1 aliphatic heterocycles. The molecule has 1 aliphatic rings. The number of carbonyl (C=O) groups excluding carboxylic acids is 1. The molecule has 0 spiro atoms. The highest BCUT2D eigenvalue weighted by Crippen LogP contribution is 2.19. The minimum absolute atomic E-state index is 0.151. The molecule has 1 fully saturated rings. The lowest BCUT2D eigenvalue weighted by Gasteiger charge is -2.29. The third-order valence-corrected chi connectivity index (χ3v) is 3.91. The molecular formula is C16H20N6O2. The van der Waals surface area contributed by atoms with Gasteiger partial charge in [0.05, 0.1) is 6.10 Å². The fraction of sp³-hybridized carbons (Fsp3) is 0.375. The van der Waals surface area contributed by atoms with Gasteiger partial charge in [0.15, 0.2) is 0 Å². The molecule has 1 aromatic heterocycles. The maximum absolute atomic E-state index is 11.7. The number of hydrogen-bond donors (Lipinski definition) is 3. The minimum Gasteiger partial charge on any atom is -0.393 e. The Labute approximate surface area is 140 Å². The standard InChI is InChI=1S/C16H20N6O2/c1-17-14(24)11-3-2-4-12(9-11)20-15-18-10-19-16(21-15)22-7-5-13(23)6-8-22/h2-4,9-10,13,23H,5-8H2,1H3,(H,17,24)(H,18,19,20,21). The molecule has 0 bridgehead atoms. The van der Waals surface area contributed by atoms with Crippen LogP contribution in [-0.4, -0.2) is 52.2 Å². The Balaban J connectivity index is 1.74. The van der Waals surface area contributed by atoms with Gasteiger partial charge in [-0.3, -0.25) is 4.79 Å². The number of nitrogens with zero attached hydrogens (tertiary/aromatic N) is 4. The summed E-state index contributed by atoms with van der Waals surface area (Å²) in [4.78, 5) is 26.5. The quantitative estimate of drug-likeness (QED) is 0.767. The molecule has 1 amide bonds. The molecule has 0 aliphatic carbocycles. The number of anilines is 3. The van der Waals surface area contributed by atoms with Crippen LogP contribution in [0.5, 0.6) is 0 Å². The van der Waals surface area contributed by atoms with Crippen LogP contribution in [-0.2, 0) is 0 Å². The van der Waals surface area contributed by atoms with Crippen molar-refractivity contribution in [1.29, 1.82) is 0 Å². The third-order valence-electron chi connectivity index (χ3n) is 3.91. The van der Waals surface area contributed by atoms with E-state index < -0.39 is 0 Å². The van der Waals surface area contributed by atoms with Crippen LogP contribution in [0.4, 0.5) is 17.6 Å². The van der Waals surface area contributed by atoms with Crippen LogP contribution < -0.4 is 15.5 Å². The maximum Gasteiger partial charge on any atom is 0.251 e. The SMILES string of the molecule is CNC(=O)c1cccc(Nc2ncnc(N3CCC(O)CC3)n2)c1.